The largest absolute Gasteiger partial charge is 0.476 e. The Morgan fingerprint density at radius 1 is 1.32 bits per heavy atom. The first-order valence-electron chi connectivity index (χ1n) is 5.64. The molecule has 0 bridgehead atoms. The molecule has 6 nitrogen and oxygen atoms in total. The van der Waals surface area contributed by atoms with Gasteiger partial charge in [-0.2, -0.15) is 0 Å². The molecule has 0 aliphatic heterocycles. The van der Waals surface area contributed by atoms with Crippen LogP contribution in [0, 0.1) is 0 Å². The summed E-state index contributed by atoms with van der Waals surface area (Å²) in [5.41, 5.74) is 0.908. The fourth-order valence-electron chi connectivity index (χ4n) is 1.29. The molecule has 0 aliphatic rings. The van der Waals surface area contributed by atoms with Gasteiger partial charge in [-0.3, -0.25) is 0 Å². The molecule has 2 aromatic rings. The first-order valence-corrected chi connectivity index (χ1v) is 6.52. The molecule has 2 N–H and O–H groups in total. The molecular weight excluding hydrogens is 264 g/mol. The smallest absolute Gasteiger partial charge is 0.356 e. The van der Waals surface area contributed by atoms with Gasteiger partial charge in [-0.05, 0) is 0 Å². The highest BCUT2D eigenvalue weighted by atomic mass is 32.1. The Balaban J connectivity index is 2.13. The number of hydrogen-bond donors (Lipinski definition) is 2. The number of carboxylic acids is 1. The Bertz CT molecular complexity index is 587. The van der Waals surface area contributed by atoms with Crippen LogP contribution in [-0.4, -0.2) is 26.0 Å². The third-order valence-corrected chi connectivity index (χ3v) is 3.14. The Morgan fingerprint density at radius 3 is 2.53 bits per heavy atom. The van der Waals surface area contributed by atoms with Crippen molar-refractivity contribution in [3.63, 3.8) is 0 Å². The number of rotatable bonds is 3. The molecule has 0 saturated carbocycles. The second-order valence-corrected chi connectivity index (χ2v) is 5.86. The molecule has 0 atom stereocenters. The third kappa shape index (κ3) is 3.25. The van der Waals surface area contributed by atoms with E-state index >= 15 is 0 Å². The molecular formula is C12H14N4O2S. The Morgan fingerprint density at radius 2 is 2.05 bits per heavy atom. The third-order valence-electron chi connectivity index (χ3n) is 2.38. The Kier molecular flexibility index (Phi) is 3.48. The molecule has 0 radical (unpaired) electrons. The van der Waals surface area contributed by atoms with E-state index in [4.69, 9.17) is 5.11 Å². The highest BCUT2D eigenvalue weighted by molar-refractivity contribution is 7.13. The standard InChI is InChI=1S/C12H14N4O2S/c1-12(2,3)8-6-19-11(15-8)16-9-5-13-7(4-14-9)10(17)18/h4-6H,1-3H3,(H,17,18)(H,14,15,16). The summed E-state index contributed by atoms with van der Waals surface area (Å²) in [5, 5.41) is 14.4. The van der Waals surface area contributed by atoms with Crippen LogP contribution in [0.25, 0.3) is 0 Å². The Hall–Kier alpha value is -2.02. The van der Waals surface area contributed by atoms with Crippen LogP contribution in [0.4, 0.5) is 10.9 Å². The minimum atomic E-state index is -1.09. The van der Waals surface area contributed by atoms with E-state index < -0.39 is 5.97 Å². The number of carbonyl (C=O) groups is 1. The lowest BCUT2D eigenvalue weighted by Crippen LogP contribution is -2.11. The van der Waals surface area contributed by atoms with Gasteiger partial charge in [-0.15, -0.1) is 11.3 Å². The summed E-state index contributed by atoms with van der Waals surface area (Å²) >= 11 is 1.48. The quantitative estimate of drug-likeness (QED) is 0.897. The average Bonchev–Trinajstić information content (AvgIpc) is 2.78. The zero-order valence-electron chi connectivity index (χ0n) is 10.8. The number of hydrogen-bond acceptors (Lipinski definition) is 6. The highest BCUT2D eigenvalue weighted by Gasteiger charge is 2.17. The monoisotopic (exact) mass is 278 g/mol. The first kappa shape index (κ1) is 13.4. The minimum absolute atomic E-state index is 0.00469. The van der Waals surface area contributed by atoms with Crippen molar-refractivity contribution in [1.82, 2.24) is 15.0 Å². The van der Waals surface area contributed by atoms with Crippen molar-refractivity contribution in [2.75, 3.05) is 5.32 Å². The molecule has 7 heteroatoms. The summed E-state index contributed by atoms with van der Waals surface area (Å²) in [6.45, 7) is 6.27. The number of nitrogens with one attached hydrogen (secondary N) is 1. The predicted molar refractivity (Wildman–Crippen MR) is 73.1 cm³/mol. The Labute approximate surface area is 114 Å². The number of carboxylic acid groups (broad SMARTS) is 1. The van der Waals surface area contributed by atoms with Gasteiger partial charge in [0.15, 0.2) is 16.6 Å². The zero-order valence-corrected chi connectivity index (χ0v) is 11.7. The maximum absolute atomic E-state index is 10.7. The lowest BCUT2D eigenvalue weighted by molar-refractivity contribution is 0.0690. The fraction of sp³-hybridized carbons (Fsp3) is 0.333. The van der Waals surface area contributed by atoms with Gasteiger partial charge in [0, 0.05) is 10.8 Å². The molecule has 0 fully saturated rings. The summed E-state index contributed by atoms with van der Waals surface area (Å²) < 4.78 is 0. The van der Waals surface area contributed by atoms with Crippen molar-refractivity contribution in [3.05, 3.63) is 29.2 Å². The van der Waals surface area contributed by atoms with E-state index in [0.717, 1.165) is 5.69 Å². The van der Waals surface area contributed by atoms with Crippen molar-refractivity contribution in [1.29, 1.82) is 0 Å². The molecule has 100 valence electrons. The molecule has 0 aromatic carbocycles. The van der Waals surface area contributed by atoms with Gasteiger partial charge < -0.3 is 10.4 Å². The number of thiazole rings is 1. The van der Waals surface area contributed by atoms with Gasteiger partial charge in [0.05, 0.1) is 18.1 Å². The van der Waals surface area contributed by atoms with E-state index in [2.05, 4.69) is 41.0 Å². The summed E-state index contributed by atoms with van der Waals surface area (Å²) in [6.07, 6.45) is 2.59. The van der Waals surface area contributed by atoms with Crippen LogP contribution in [0.5, 0.6) is 0 Å². The maximum atomic E-state index is 10.7. The number of aromatic nitrogens is 3. The normalized spacial score (nSPS) is 11.3. The fourth-order valence-corrected chi connectivity index (χ4v) is 2.23. The molecule has 2 rings (SSSR count). The summed E-state index contributed by atoms with van der Waals surface area (Å²) in [4.78, 5) is 22.9. The molecule has 2 heterocycles. The van der Waals surface area contributed by atoms with Crippen LogP contribution < -0.4 is 5.32 Å². The minimum Gasteiger partial charge on any atom is -0.476 e. The summed E-state index contributed by atoms with van der Waals surface area (Å²) in [5.74, 6) is -0.622. The molecule has 0 unspecified atom stereocenters. The van der Waals surface area contributed by atoms with Crippen molar-refractivity contribution >= 4 is 28.3 Å². The topological polar surface area (TPSA) is 88.0 Å². The van der Waals surface area contributed by atoms with E-state index in [9.17, 15) is 4.79 Å². The van der Waals surface area contributed by atoms with Crippen molar-refractivity contribution < 1.29 is 9.90 Å². The van der Waals surface area contributed by atoms with E-state index in [-0.39, 0.29) is 11.1 Å². The van der Waals surface area contributed by atoms with Crippen LogP contribution in [0.2, 0.25) is 0 Å². The van der Waals surface area contributed by atoms with Gasteiger partial charge in [0.2, 0.25) is 0 Å². The van der Waals surface area contributed by atoms with Gasteiger partial charge >= 0.3 is 5.97 Å². The number of nitrogens with zero attached hydrogens (tertiary/aromatic N) is 3. The molecule has 0 saturated heterocycles. The van der Waals surface area contributed by atoms with Crippen molar-refractivity contribution in [2.24, 2.45) is 0 Å². The highest BCUT2D eigenvalue weighted by Crippen LogP contribution is 2.27. The molecule has 0 aliphatic carbocycles. The summed E-state index contributed by atoms with van der Waals surface area (Å²) in [6, 6.07) is 0. The van der Waals surface area contributed by atoms with Crippen LogP contribution in [0.15, 0.2) is 17.8 Å². The second kappa shape index (κ2) is 4.93. The van der Waals surface area contributed by atoms with Gasteiger partial charge in [-0.25, -0.2) is 19.7 Å². The lowest BCUT2D eigenvalue weighted by atomic mass is 9.93. The predicted octanol–water partition coefficient (Wildman–Crippen LogP) is 2.67. The molecule has 19 heavy (non-hydrogen) atoms. The van der Waals surface area contributed by atoms with Crippen LogP contribution >= 0.6 is 11.3 Å². The zero-order chi connectivity index (χ0) is 14.0. The van der Waals surface area contributed by atoms with Gasteiger partial charge in [-0.1, -0.05) is 20.8 Å². The first-order chi connectivity index (χ1) is 8.86. The van der Waals surface area contributed by atoms with Crippen molar-refractivity contribution in [3.8, 4) is 0 Å². The van der Waals surface area contributed by atoms with E-state index in [1.807, 2.05) is 5.38 Å². The number of anilines is 2. The van der Waals surface area contributed by atoms with E-state index in [1.54, 1.807) is 0 Å². The van der Waals surface area contributed by atoms with Gasteiger partial charge in [0.25, 0.3) is 0 Å². The molecule has 0 spiro atoms. The number of aromatic carboxylic acids is 1. The van der Waals surface area contributed by atoms with Crippen LogP contribution in [-0.2, 0) is 5.41 Å². The lowest BCUT2D eigenvalue weighted by Gasteiger charge is -2.14. The van der Waals surface area contributed by atoms with E-state index in [1.165, 1.54) is 23.7 Å². The molecule has 2 aromatic heterocycles. The maximum Gasteiger partial charge on any atom is 0.356 e. The van der Waals surface area contributed by atoms with Crippen LogP contribution in [0.3, 0.4) is 0 Å². The average molecular weight is 278 g/mol. The summed E-state index contributed by atoms with van der Waals surface area (Å²) in [7, 11) is 0. The SMILES string of the molecule is CC(C)(C)c1csc(Nc2cnc(C(=O)O)cn2)n1. The van der Waals surface area contributed by atoms with Crippen LogP contribution in [0.1, 0.15) is 37.0 Å². The second-order valence-electron chi connectivity index (χ2n) is 5.00. The van der Waals surface area contributed by atoms with Crippen molar-refractivity contribution in [2.45, 2.75) is 26.2 Å². The van der Waals surface area contributed by atoms with E-state index in [0.29, 0.717) is 10.9 Å². The molecule has 0 amide bonds. The van der Waals surface area contributed by atoms with Gasteiger partial charge in [0.1, 0.15) is 0 Å².